The number of halogens is 3. The Balaban J connectivity index is 3.14. The maximum absolute atomic E-state index is 12.1. The van der Waals surface area contributed by atoms with Crippen LogP contribution in [0.5, 0.6) is 5.75 Å². The summed E-state index contributed by atoms with van der Waals surface area (Å²) in [5.41, 5.74) is -0.146. The molecule has 2 nitrogen and oxygen atoms in total. The predicted octanol–water partition coefficient (Wildman–Crippen LogP) is 2.62. The zero-order chi connectivity index (χ0) is 9.14. The summed E-state index contributed by atoms with van der Waals surface area (Å²) in [6, 6.07) is 1.48. The third-order valence-corrected chi connectivity index (χ3v) is 1.99. The highest BCUT2D eigenvalue weighted by Gasteiger charge is 2.16. The van der Waals surface area contributed by atoms with Crippen molar-refractivity contribution in [1.29, 1.82) is 0 Å². The Morgan fingerprint density at radius 1 is 1.58 bits per heavy atom. The van der Waals surface area contributed by atoms with E-state index in [9.17, 15) is 13.9 Å². The van der Waals surface area contributed by atoms with E-state index >= 15 is 0 Å². The van der Waals surface area contributed by atoms with E-state index in [2.05, 4.69) is 20.9 Å². The zero-order valence-corrected chi connectivity index (χ0v) is 7.55. The van der Waals surface area contributed by atoms with Crippen LogP contribution in [-0.2, 0) is 5.33 Å². The molecule has 0 aliphatic rings. The number of rotatable bonds is 2. The van der Waals surface area contributed by atoms with Gasteiger partial charge in [-0.15, -0.1) is 0 Å². The second-order valence-electron chi connectivity index (χ2n) is 2.14. The van der Waals surface area contributed by atoms with Crippen LogP contribution in [0, 0.1) is 0 Å². The maximum Gasteiger partial charge on any atom is 0.284 e. The Morgan fingerprint density at radius 3 is 2.75 bits per heavy atom. The van der Waals surface area contributed by atoms with E-state index in [4.69, 9.17) is 0 Å². The molecule has 0 spiro atoms. The van der Waals surface area contributed by atoms with Crippen LogP contribution in [0.1, 0.15) is 17.7 Å². The average molecular weight is 238 g/mol. The molecule has 12 heavy (non-hydrogen) atoms. The standard InChI is InChI=1S/C7H6BrF2NO/c8-3-4-1-2-11-5(6(4)12)7(9)10/h1-2,7,12H,3H2. The largest absolute Gasteiger partial charge is 0.505 e. The minimum atomic E-state index is -2.73. The quantitative estimate of drug-likeness (QED) is 0.803. The Labute approximate surface area is 76.4 Å². The lowest BCUT2D eigenvalue weighted by Crippen LogP contribution is -1.93. The first-order chi connectivity index (χ1) is 5.66. The van der Waals surface area contributed by atoms with Crippen molar-refractivity contribution < 1.29 is 13.9 Å². The number of hydrogen-bond acceptors (Lipinski definition) is 2. The summed E-state index contributed by atoms with van der Waals surface area (Å²) in [7, 11) is 0. The van der Waals surface area contributed by atoms with Gasteiger partial charge in [0.05, 0.1) is 0 Å². The molecule has 0 bridgehead atoms. The summed E-state index contributed by atoms with van der Waals surface area (Å²) in [5, 5.41) is 9.52. The summed E-state index contributed by atoms with van der Waals surface area (Å²) < 4.78 is 24.2. The Morgan fingerprint density at radius 2 is 2.25 bits per heavy atom. The van der Waals surface area contributed by atoms with E-state index in [0.717, 1.165) is 0 Å². The first-order valence-electron chi connectivity index (χ1n) is 3.17. The van der Waals surface area contributed by atoms with Gasteiger partial charge in [-0.3, -0.25) is 4.98 Å². The number of aromatic nitrogens is 1. The van der Waals surface area contributed by atoms with Gasteiger partial charge in [0.1, 0.15) is 11.4 Å². The molecular formula is C7H6BrF2NO. The first-order valence-corrected chi connectivity index (χ1v) is 4.29. The SMILES string of the molecule is Oc1c(CBr)ccnc1C(F)F. The van der Waals surface area contributed by atoms with Crippen molar-refractivity contribution in [1.82, 2.24) is 4.98 Å². The number of nitrogens with zero attached hydrogens (tertiary/aromatic N) is 1. The second-order valence-corrected chi connectivity index (χ2v) is 2.70. The molecule has 0 saturated heterocycles. The average Bonchev–Trinajstić information content (AvgIpc) is 2.04. The third-order valence-electron chi connectivity index (χ3n) is 1.39. The van der Waals surface area contributed by atoms with Crippen LogP contribution in [0.4, 0.5) is 8.78 Å². The monoisotopic (exact) mass is 237 g/mol. The van der Waals surface area contributed by atoms with Gasteiger partial charge in [0.2, 0.25) is 0 Å². The number of aromatic hydroxyl groups is 1. The molecule has 1 aromatic rings. The van der Waals surface area contributed by atoms with Gasteiger partial charge in [0, 0.05) is 17.1 Å². The van der Waals surface area contributed by atoms with Crippen LogP contribution in [0.3, 0.4) is 0 Å². The van der Waals surface area contributed by atoms with Crippen LogP contribution >= 0.6 is 15.9 Å². The van der Waals surface area contributed by atoms with E-state index in [0.29, 0.717) is 10.9 Å². The molecule has 0 aliphatic heterocycles. The topological polar surface area (TPSA) is 33.1 Å². The van der Waals surface area contributed by atoms with Crippen molar-refractivity contribution in [2.75, 3.05) is 0 Å². The highest BCUT2D eigenvalue weighted by molar-refractivity contribution is 9.08. The fourth-order valence-electron chi connectivity index (χ4n) is 0.780. The van der Waals surface area contributed by atoms with E-state index in [1.54, 1.807) is 0 Å². The predicted molar refractivity (Wildman–Crippen MR) is 43.5 cm³/mol. The molecule has 1 rings (SSSR count). The molecule has 0 unspecified atom stereocenters. The summed E-state index contributed by atoms with van der Waals surface area (Å²) in [5.74, 6) is -0.427. The highest BCUT2D eigenvalue weighted by atomic mass is 79.9. The van der Waals surface area contributed by atoms with E-state index in [-0.39, 0.29) is 0 Å². The van der Waals surface area contributed by atoms with Crippen molar-refractivity contribution in [2.24, 2.45) is 0 Å². The number of hydrogen-bond donors (Lipinski definition) is 1. The van der Waals surface area contributed by atoms with Gasteiger partial charge in [0.15, 0.2) is 0 Å². The van der Waals surface area contributed by atoms with Gasteiger partial charge in [-0.25, -0.2) is 8.78 Å². The summed E-state index contributed by atoms with van der Waals surface area (Å²) in [6.07, 6.45) is -1.48. The van der Waals surface area contributed by atoms with Crippen LogP contribution in [0.25, 0.3) is 0 Å². The molecule has 0 radical (unpaired) electrons. The van der Waals surface area contributed by atoms with Crippen LogP contribution in [0.15, 0.2) is 12.3 Å². The molecule has 0 aliphatic carbocycles. The minimum Gasteiger partial charge on any atom is -0.505 e. The first kappa shape index (κ1) is 9.38. The molecule has 0 atom stereocenters. The lowest BCUT2D eigenvalue weighted by molar-refractivity contribution is 0.141. The molecule has 5 heteroatoms. The van der Waals surface area contributed by atoms with E-state index in [1.165, 1.54) is 12.3 Å². The second kappa shape index (κ2) is 3.80. The number of alkyl halides is 3. The molecule has 66 valence electrons. The minimum absolute atomic E-state index is 0.334. The molecule has 1 heterocycles. The molecule has 0 aromatic carbocycles. The smallest absolute Gasteiger partial charge is 0.284 e. The molecule has 1 aromatic heterocycles. The summed E-state index contributed by atoms with van der Waals surface area (Å²) >= 11 is 3.06. The normalized spacial score (nSPS) is 10.7. The summed E-state index contributed by atoms with van der Waals surface area (Å²) in [6.45, 7) is 0. The van der Waals surface area contributed by atoms with Gasteiger partial charge in [0.25, 0.3) is 6.43 Å². The van der Waals surface area contributed by atoms with Gasteiger partial charge >= 0.3 is 0 Å². The molecule has 1 N–H and O–H groups in total. The van der Waals surface area contributed by atoms with Crippen LogP contribution < -0.4 is 0 Å². The van der Waals surface area contributed by atoms with Crippen LogP contribution in [-0.4, -0.2) is 10.1 Å². The third kappa shape index (κ3) is 1.72. The van der Waals surface area contributed by atoms with Crippen LogP contribution in [0.2, 0.25) is 0 Å². The molecule has 0 fully saturated rings. The summed E-state index contributed by atoms with van der Waals surface area (Å²) in [4.78, 5) is 3.37. The van der Waals surface area contributed by atoms with Crippen molar-refractivity contribution in [3.63, 3.8) is 0 Å². The number of pyridine rings is 1. The van der Waals surface area contributed by atoms with E-state index < -0.39 is 17.9 Å². The van der Waals surface area contributed by atoms with Crippen molar-refractivity contribution >= 4 is 15.9 Å². The molecular weight excluding hydrogens is 232 g/mol. The van der Waals surface area contributed by atoms with Crippen molar-refractivity contribution in [3.8, 4) is 5.75 Å². The Hall–Kier alpha value is -0.710. The van der Waals surface area contributed by atoms with Crippen molar-refractivity contribution in [3.05, 3.63) is 23.5 Å². The Kier molecular flexibility index (Phi) is 2.97. The van der Waals surface area contributed by atoms with E-state index in [1.807, 2.05) is 0 Å². The lowest BCUT2D eigenvalue weighted by atomic mass is 10.2. The fourth-order valence-corrected chi connectivity index (χ4v) is 1.23. The van der Waals surface area contributed by atoms with Gasteiger partial charge in [-0.05, 0) is 6.07 Å². The van der Waals surface area contributed by atoms with Crippen molar-refractivity contribution in [2.45, 2.75) is 11.8 Å². The zero-order valence-electron chi connectivity index (χ0n) is 5.97. The highest BCUT2D eigenvalue weighted by Crippen LogP contribution is 2.29. The Bertz CT molecular complexity index is 280. The fraction of sp³-hybridized carbons (Fsp3) is 0.286. The van der Waals surface area contributed by atoms with Gasteiger partial charge in [-0.1, -0.05) is 15.9 Å². The molecule has 0 saturated carbocycles. The molecule has 0 amide bonds. The van der Waals surface area contributed by atoms with Gasteiger partial charge in [-0.2, -0.15) is 0 Å². The lowest BCUT2D eigenvalue weighted by Gasteiger charge is -2.04. The maximum atomic E-state index is 12.1. The van der Waals surface area contributed by atoms with Gasteiger partial charge < -0.3 is 5.11 Å².